The molecule has 0 aliphatic carbocycles. The fourth-order valence-electron chi connectivity index (χ4n) is 3.07. The van der Waals surface area contributed by atoms with Crippen LogP contribution in [0.5, 0.6) is 0 Å². The van der Waals surface area contributed by atoms with Crippen molar-refractivity contribution in [3.8, 4) is 0 Å². The molecule has 5 nitrogen and oxygen atoms in total. The van der Waals surface area contributed by atoms with Crippen LogP contribution in [-0.2, 0) is 9.59 Å². The number of carbonyl (C=O) groups is 2. The third-order valence-corrected chi connectivity index (χ3v) is 4.18. The molecule has 0 spiro atoms. The molecule has 0 unspecified atom stereocenters. The van der Waals surface area contributed by atoms with Crippen LogP contribution in [-0.4, -0.2) is 35.8 Å². The number of imide groups is 1. The van der Waals surface area contributed by atoms with Crippen molar-refractivity contribution < 1.29 is 9.59 Å². The van der Waals surface area contributed by atoms with Crippen LogP contribution in [0.4, 0.5) is 11.4 Å². The first-order chi connectivity index (χ1) is 9.65. The molecule has 5 heteroatoms. The number of amides is 2. The third kappa shape index (κ3) is 2.35. The number of carbonyl (C=O) groups excluding carboxylic acids is 2. The van der Waals surface area contributed by atoms with Gasteiger partial charge in [0.15, 0.2) is 0 Å². The Kier molecular flexibility index (Phi) is 3.34. The molecule has 106 valence electrons. The lowest BCUT2D eigenvalue weighted by atomic mass is 10.0. The van der Waals surface area contributed by atoms with Crippen LogP contribution in [0.2, 0.25) is 0 Å². The molecular weight excluding hydrogens is 254 g/mol. The number of piperidine rings is 1. The number of likely N-dealkylation sites (tertiary alicyclic amines) is 1. The fourth-order valence-corrected chi connectivity index (χ4v) is 3.07. The summed E-state index contributed by atoms with van der Waals surface area (Å²) in [5, 5.41) is 0. The Morgan fingerprint density at radius 1 is 0.950 bits per heavy atom. The van der Waals surface area contributed by atoms with Crippen LogP contribution >= 0.6 is 0 Å². The van der Waals surface area contributed by atoms with Gasteiger partial charge in [-0.3, -0.25) is 14.5 Å². The summed E-state index contributed by atoms with van der Waals surface area (Å²) in [7, 11) is 0. The highest BCUT2D eigenvalue weighted by molar-refractivity contribution is 6.02. The number of nitrogens with two attached hydrogens (primary N) is 1. The number of rotatable bonds is 2. The van der Waals surface area contributed by atoms with Gasteiger partial charge in [-0.2, -0.15) is 0 Å². The Balaban J connectivity index is 1.63. The number of hydrogen-bond donors (Lipinski definition) is 1. The maximum absolute atomic E-state index is 11.8. The molecule has 3 rings (SSSR count). The first-order valence-electron chi connectivity index (χ1n) is 7.10. The van der Waals surface area contributed by atoms with Crippen LogP contribution in [0.25, 0.3) is 0 Å². The smallest absolute Gasteiger partial charge is 0.229 e. The lowest BCUT2D eigenvalue weighted by Crippen LogP contribution is -2.47. The van der Waals surface area contributed by atoms with E-state index in [4.69, 9.17) is 5.73 Å². The van der Waals surface area contributed by atoms with Crippen molar-refractivity contribution in [2.45, 2.75) is 31.7 Å². The van der Waals surface area contributed by atoms with E-state index in [1.165, 1.54) is 4.90 Å². The van der Waals surface area contributed by atoms with Gasteiger partial charge in [-0.05, 0) is 37.1 Å². The van der Waals surface area contributed by atoms with E-state index in [2.05, 4.69) is 4.90 Å². The maximum atomic E-state index is 11.8. The van der Waals surface area contributed by atoms with Gasteiger partial charge < -0.3 is 10.6 Å². The van der Waals surface area contributed by atoms with Gasteiger partial charge in [-0.1, -0.05) is 0 Å². The zero-order valence-electron chi connectivity index (χ0n) is 11.4. The molecule has 20 heavy (non-hydrogen) atoms. The summed E-state index contributed by atoms with van der Waals surface area (Å²) in [5.41, 5.74) is 7.60. The molecular formula is C15H19N3O2. The summed E-state index contributed by atoms with van der Waals surface area (Å²) in [6.45, 7) is 1.73. The zero-order chi connectivity index (χ0) is 14.1. The minimum Gasteiger partial charge on any atom is -0.399 e. The highest BCUT2D eigenvalue weighted by atomic mass is 16.2. The van der Waals surface area contributed by atoms with Crippen molar-refractivity contribution >= 4 is 23.2 Å². The molecule has 1 aromatic carbocycles. The Morgan fingerprint density at radius 2 is 1.50 bits per heavy atom. The molecule has 2 aliphatic rings. The van der Waals surface area contributed by atoms with E-state index in [1.54, 1.807) is 0 Å². The Bertz CT molecular complexity index is 502. The summed E-state index contributed by atoms with van der Waals surface area (Å²) >= 11 is 0. The van der Waals surface area contributed by atoms with Gasteiger partial charge in [0.25, 0.3) is 0 Å². The van der Waals surface area contributed by atoms with Crippen LogP contribution in [0.3, 0.4) is 0 Å². The summed E-state index contributed by atoms with van der Waals surface area (Å²) in [4.78, 5) is 27.3. The zero-order valence-corrected chi connectivity index (χ0v) is 11.4. The van der Waals surface area contributed by atoms with E-state index < -0.39 is 0 Å². The molecule has 0 aromatic heterocycles. The summed E-state index contributed by atoms with van der Waals surface area (Å²) in [6, 6.07) is 7.91. The second-order valence-corrected chi connectivity index (χ2v) is 5.47. The van der Waals surface area contributed by atoms with E-state index in [0.29, 0.717) is 12.8 Å². The Hall–Kier alpha value is -2.04. The number of nitrogens with zero attached hydrogens (tertiary/aromatic N) is 2. The monoisotopic (exact) mass is 273 g/mol. The van der Waals surface area contributed by atoms with Crippen LogP contribution < -0.4 is 10.6 Å². The quantitative estimate of drug-likeness (QED) is 0.653. The molecule has 2 saturated heterocycles. The lowest BCUT2D eigenvalue weighted by Gasteiger charge is -2.37. The van der Waals surface area contributed by atoms with Crippen molar-refractivity contribution in [1.29, 1.82) is 0 Å². The average Bonchev–Trinajstić information content (AvgIpc) is 2.79. The van der Waals surface area contributed by atoms with Gasteiger partial charge >= 0.3 is 0 Å². The van der Waals surface area contributed by atoms with Gasteiger partial charge in [0.1, 0.15) is 0 Å². The Labute approximate surface area is 118 Å². The summed E-state index contributed by atoms with van der Waals surface area (Å²) in [6.07, 6.45) is 2.47. The van der Waals surface area contributed by atoms with Crippen LogP contribution in [0.15, 0.2) is 24.3 Å². The van der Waals surface area contributed by atoms with E-state index in [-0.39, 0.29) is 17.9 Å². The molecule has 2 fully saturated rings. The predicted octanol–water partition coefficient (Wildman–Crippen LogP) is 1.39. The molecule has 0 radical (unpaired) electrons. The highest BCUT2D eigenvalue weighted by Gasteiger charge is 2.36. The Morgan fingerprint density at radius 3 is 2.05 bits per heavy atom. The van der Waals surface area contributed by atoms with Crippen molar-refractivity contribution in [3.63, 3.8) is 0 Å². The number of anilines is 2. The maximum Gasteiger partial charge on any atom is 0.229 e. The third-order valence-electron chi connectivity index (χ3n) is 4.18. The normalized spacial score (nSPS) is 20.8. The van der Waals surface area contributed by atoms with Gasteiger partial charge in [-0.25, -0.2) is 0 Å². The number of nitrogen functional groups attached to an aromatic ring is 1. The summed E-state index contributed by atoms with van der Waals surface area (Å²) < 4.78 is 0. The summed E-state index contributed by atoms with van der Waals surface area (Å²) in [5.74, 6) is 0.00173. The van der Waals surface area contributed by atoms with Gasteiger partial charge in [0, 0.05) is 43.3 Å². The van der Waals surface area contributed by atoms with Crippen molar-refractivity contribution in [2.75, 3.05) is 23.7 Å². The topological polar surface area (TPSA) is 66.6 Å². The minimum atomic E-state index is 0.000865. The second-order valence-electron chi connectivity index (χ2n) is 5.47. The standard InChI is InChI=1S/C15H19N3O2/c16-11-1-3-12(4-2-11)17-9-7-13(8-10-17)18-14(19)5-6-15(18)20/h1-4,13H,5-10,16H2. The lowest BCUT2D eigenvalue weighted by molar-refractivity contribution is -0.141. The van der Waals surface area contributed by atoms with E-state index >= 15 is 0 Å². The number of benzene rings is 1. The number of hydrogen-bond acceptors (Lipinski definition) is 4. The van der Waals surface area contributed by atoms with Crippen molar-refractivity contribution in [3.05, 3.63) is 24.3 Å². The first kappa shape index (κ1) is 13.0. The molecule has 0 bridgehead atoms. The van der Waals surface area contributed by atoms with Gasteiger partial charge in [0.2, 0.25) is 11.8 Å². The predicted molar refractivity (Wildman–Crippen MR) is 77.2 cm³/mol. The molecule has 2 aliphatic heterocycles. The molecule has 0 atom stereocenters. The molecule has 2 heterocycles. The van der Waals surface area contributed by atoms with Gasteiger partial charge in [0.05, 0.1) is 0 Å². The molecule has 1 aromatic rings. The minimum absolute atomic E-state index is 0.000865. The average molecular weight is 273 g/mol. The van der Waals surface area contributed by atoms with Crippen molar-refractivity contribution in [2.24, 2.45) is 0 Å². The SMILES string of the molecule is Nc1ccc(N2CCC(N3C(=O)CCC3=O)CC2)cc1. The van der Waals surface area contributed by atoms with Crippen LogP contribution in [0.1, 0.15) is 25.7 Å². The molecule has 0 saturated carbocycles. The van der Waals surface area contributed by atoms with E-state index in [9.17, 15) is 9.59 Å². The fraction of sp³-hybridized carbons (Fsp3) is 0.467. The first-order valence-corrected chi connectivity index (χ1v) is 7.10. The molecule has 2 amide bonds. The second kappa shape index (κ2) is 5.15. The van der Waals surface area contributed by atoms with Crippen molar-refractivity contribution in [1.82, 2.24) is 4.90 Å². The van der Waals surface area contributed by atoms with E-state index in [1.807, 2.05) is 24.3 Å². The van der Waals surface area contributed by atoms with Crippen LogP contribution in [0, 0.1) is 0 Å². The molecule has 2 N–H and O–H groups in total. The largest absolute Gasteiger partial charge is 0.399 e. The van der Waals surface area contributed by atoms with E-state index in [0.717, 1.165) is 37.3 Å². The highest BCUT2D eigenvalue weighted by Crippen LogP contribution is 2.26. The van der Waals surface area contributed by atoms with Gasteiger partial charge in [-0.15, -0.1) is 0 Å².